The first kappa shape index (κ1) is 16.5. The van der Waals surface area contributed by atoms with Gasteiger partial charge in [-0.05, 0) is 64.0 Å². The van der Waals surface area contributed by atoms with Crippen LogP contribution in [0.3, 0.4) is 0 Å². The largest absolute Gasteiger partial charge is 0.317 e. The highest BCUT2D eigenvalue weighted by atomic mass is 15.3. The van der Waals surface area contributed by atoms with Crippen LogP contribution >= 0.6 is 0 Å². The van der Waals surface area contributed by atoms with Crippen LogP contribution in [0.2, 0.25) is 0 Å². The van der Waals surface area contributed by atoms with Gasteiger partial charge < -0.3 is 5.32 Å². The van der Waals surface area contributed by atoms with E-state index >= 15 is 0 Å². The molecular weight excluding hydrogens is 258 g/mol. The topological polar surface area (TPSA) is 29.9 Å². The fraction of sp³-hybridized carbons (Fsp3) is 0.833. The monoisotopic (exact) mass is 291 g/mol. The first-order chi connectivity index (χ1) is 10.1. The highest BCUT2D eigenvalue weighted by molar-refractivity contribution is 5.24. The van der Waals surface area contributed by atoms with E-state index in [4.69, 9.17) is 0 Å². The maximum Gasteiger partial charge on any atom is 0.0628 e. The normalized spacial score (nSPS) is 24.2. The van der Waals surface area contributed by atoms with E-state index in [0.29, 0.717) is 6.04 Å². The summed E-state index contributed by atoms with van der Waals surface area (Å²) < 4.78 is 2.02. The molecule has 1 N–H and O–H groups in total. The van der Waals surface area contributed by atoms with Gasteiger partial charge in [0, 0.05) is 18.8 Å². The fourth-order valence-electron chi connectivity index (χ4n) is 4.16. The molecule has 3 unspecified atom stereocenters. The molecule has 21 heavy (non-hydrogen) atoms. The van der Waals surface area contributed by atoms with Crippen LogP contribution in [0.4, 0.5) is 0 Å². The Morgan fingerprint density at radius 1 is 1.33 bits per heavy atom. The Morgan fingerprint density at radius 2 is 2.10 bits per heavy atom. The molecule has 0 aromatic carbocycles. The summed E-state index contributed by atoms with van der Waals surface area (Å²) in [6, 6.07) is 0.665. The Bertz CT molecular complexity index is 450. The number of nitrogens with zero attached hydrogens (tertiary/aromatic N) is 2. The molecule has 0 amide bonds. The summed E-state index contributed by atoms with van der Waals surface area (Å²) >= 11 is 0. The summed E-state index contributed by atoms with van der Waals surface area (Å²) in [5.74, 6) is 1.83. The van der Waals surface area contributed by atoms with Crippen molar-refractivity contribution in [2.75, 3.05) is 7.05 Å². The van der Waals surface area contributed by atoms with E-state index in [0.717, 1.165) is 18.3 Å². The van der Waals surface area contributed by atoms with Crippen LogP contribution in [0.5, 0.6) is 0 Å². The Labute approximate surface area is 130 Å². The lowest BCUT2D eigenvalue weighted by molar-refractivity contribution is 0.207. The van der Waals surface area contributed by atoms with E-state index < -0.39 is 0 Å². The smallest absolute Gasteiger partial charge is 0.0628 e. The predicted octanol–water partition coefficient (Wildman–Crippen LogP) is 3.77. The van der Waals surface area contributed by atoms with Gasteiger partial charge in [0.25, 0.3) is 0 Å². The summed E-state index contributed by atoms with van der Waals surface area (Å²) in [5.41, 5.74) is 4.00. The second kappa shape index (κ2) is 7.44. The number of rotatable bonds is 6. The van der Waals surface area contributed by atoms with Crippen molar-refractivity contribution in [1.29, 1.82) is 0 Å². The molecule has 0 aliphatic heterocycles. The molecule has 120 valence electrons. The third-order valence-corrected chi connectivity index (χ3v) is 5.70. The van der Waals surface area contributed by atoms with E-state index in [1.807, 2.05) is 11.7 Å². The van der Waals surface area contributed by atoms with Gasteiger partial charge in [-0.1, -0.05) is 26.2 Å². The third-order valence-electron chi connectivity index (χ3n) is 5.70. The average molecular weight is 291 g/mol. The molecule has 3 atom stereocenters. The summed E-state index contributed by atoms with van der Waals surface area (Å²) in [7, 11) is 4.19. The molecule has 1 heterocycles. The minimum absolute atomic E-state index is 0.665. The SMILES string of the molecule is CCC1CCCC(C(CCc2c(C)nn(C)c2C)NC)C1. The molecule has 1 aromatic heterocycles. The van der Waals surface area contributed by atoms with E-state index in [1.54, 1.807) is 0 Å². The van der Waals surface area contributed by atoms with E-state index in [1.165, 1.54) is 55.5 Å². The van der Waals surface area contributed by atoms with Crippen molar-refractivity contribution < 1.29 is 0 Å². The molecule has 0 saturated heterocycles. The number of aryl methyl sites for hydroxylation is 2. The summed E-state index contributed by atoms with van der Waals surface area (Å²) in [4.78, 5) is 0. The van der Waals surface area contributed by atoms with Crippen LogP contribution in [0.15, 0.2) is 0 Å². The van der Waals surface area contributed by atoms with Crippen LogP contribution < -0.4 is 5.32 Å². The molecule has 0 bridgehead atoms. The average Bonchev–Trinajstić information content (AvgIpc) is 2.74. The summed E-state index contributed by atoms with van der Waals surface area (Å²) in [5, 5.41) is 8.15. The molecule has 0 spiro atoms. The van der Waals surface area contributed by atoms with Crippen molar-refractivity contribution in [1.82, 2.24) is 15.1 Å². The molecule has 1 aliphatic carbocycles. The quantitative estimate of drug-likeness (QED) is 0.864. The lowest BCUT2D eigenvalue weighted by Crippen LogP contribution is -2.37. The van der Waals surface area contributed by atoms with E-state index in [2.05, 4.69) is 38.2 Å². The first-order valence-corrected chi connectivity index (χ1v) is 8.73. The standard InChI is InChI=1S/C18H33N3/c1-6-15-8-7-9-16(12-15)18(19-4)11-10-17-13(2)20-21(5)14(17)3/h15-16,18-19H,6-12H2,1-5H3. The van der Waals surface area contributed by atoms with Crippen LogP contribution in [-0.4, -0.2) is 22.9 Å². The Kier molecular flexibility index (Phi) is 5.86. The number of hydrogen-bond acceptors (Lipinski definition) is 2. The van der Waals surface area contributed by atoms with Gasteiger partial charge in [0.1, 0.15) is 0 Å². The Morgan fingerprint density at radius 3 is 2.67 bits per heavy atom. The third kappa shape index (κ3) is 3.88. The second-order valence-corrected chi connectivity index (χ2v) is 6.91. The van der Waals surface area contributed by atoms with Gasteiger partial charge in [0.05, 0.1) is 5.69 Å². The first-order valence-electron chi connectivity index (χ1n) is 8.73. The van der Waals surface area contributed by atoms with Gasteiger partial charge in [0.15, 0.2) is 0 Å². The lowest BCUT2D eigenvalue weighted by atomic mass is 9.75. The van der Waals surface area contributed by atoms with Crippen molar-refractivity contribution in [3.05, 3.63) is 17.0 Å². The molecule has 2 rings (SSSR count). The molecule has 3 heteroatoms. The van der Waals surface area contributed by atoms with Crippen LogP contribution in [0, 0.1) is 25.7 Å². The minimum Gasteiger partial charge on any atom is -0.317 e. The Balaban J connectivity index is 1.96. The van der Waals surface area contributed by atoms with Crippen molar-refractivity contribution >= 4 is 0 Å². The molecule has 1 aliphatic rings. The van der Waals surface area contributed by atoms with Gasteiger partial charge in [-0.15, -0.1) is 0 Å². The van der Waals surface area contributed by atoms with Gasteiger partial charge in [-0.25, -0.2) is 0 Å². The summed E-state index contributed by atoms with van der Waals surface area (Å²) in [6.07, 6.45) is 9.46. The molecule has 0 radical (unpaired) electrons. The van der Waals surface area contributed by atoms with Crippen LogP contribution in [0.1, 0.15) is 62.4 Å². The lowest BCUT2D eigenvalue weighted by Gasteiger charge is -2.34. The van der Waals surface area contributed by atoms with Gasteiger partial charge in [0.2, 0.25) is 0 Å². The maximum absolute atomic E-state index is 4.55. The zero-order chi connectivity index (χ0) is 15.4. The highest BCUT2D eigenvalue weighted by Gasteiger charge is 2.27. The summed E-state index contributed by atoms with van der Waals surface area (Å²) in [6.45, 7) is 6.69. The maximum atomic E-state index is 4.55. The Hall–Kier alpha value is -0.830. The van der Waals surface area contributed by atoms with Crippen LogP contribution in [0.25, 0.3) is 0 Å². The number of hydrogen-bond donors (Lipinski definition) is 1. The molecule has 1 aromatic rings. The van der Waals surface area contributed by atoms with Crippen molar-refractivity contribution in [2.24, 2.45) is 18.9 Å². The van der Waals surface area contributed by atoms with Crippen LogP contribution in [-0.2, 0) is 13.5 Å². The van der Waals surface area contributed by atoms with Gasteiger partial charge in [-0.2, -0.15) is 5.10 Å². The van der Waals surface area contributed by atoms with Gasteiger partial charge >= 0.3 is 0 Å². The minimum atomic E-state index is 0.665. The van der Waals surface area contributed by atoms with Crippen molar-refractivity contribution in [3.8, 4) is 0 Å². The number of aromatic nitrogens is 2. The van der Waals surface area contributed by atoms with Gasteiger partial charge in [-0.3, -0.25) is 4.68 Å². The van der Waals surface area contributed by atoms with E-state index in [9.17, 15) is 0 Å². The predicted molar refractivity (Wildman–Crippen MR) is 89.6 cm³/mol. The zero-order valence-corrected chi connectivity index (χ0v) is 14.6. The number of nitrogens with one attached hydrogen (secondary N) is 1. The molecule has 1 saturated carbocycles. The zero-order valence-electron chi connectivity index (χ0n) is 14.6. The highest BCUT2D eigenvalue weighted by Crippen LogP contribution is 2.34. The second-order valence-electron chi connectivity index (χ2n) is 6.91. The van der Waals surface area contributed by atoms with Crippen molar-refractivity contribution in [3.63, 3.8) is 0 Å². The molecular formula is C18H33N3. The molecule has 1 fully saturated rings. The van der Waals surface area contributed by atoms with Crippen molar-refractivity contribution in [2.45, 2.75) is 71.8 Å². The molecule has 3 nitrogen and oxygen atoms in total. The fourth-order valence-corrected chi connectivity index (χ4v) is 4.16. The van der Waals surface area contributed by atoms with E-state index in [-0.39, 0.29) is 0 Å².